The van der Waals surface area contributed by atoms with E-state index in [4.69, 9.17) is 4.74 Å². The van der Waals surface area contributed by atoms with Gasteiger partial charge in [0.1, 0.15) is 18.0 Å². The van der Waals surface area contributed by atoms with Crippen molar-refractivity contribution in [1.82, 2.24) is 5.32 Å². The van der Waals surface area contributed by atoms with Gasteiger partial charge in [0, 0.05) is 6.54 Å². The first-order chi connectivity index (χ1) is 8.85. The lowest BCUT2D eigenvalue weighted by Crippen LogP contribution is -2.42. The number of benzene rings is 1. The van der Waals surface area contributed by atoms with Gasteiger partial charge in [0.05, 0.1) is 0 Å². The molecule has 0 aliphatic heterocycles. The second kappa shape index (κ2) is 6.92. The maximum Gasteiger partial charge on any atom is 0.122 e. The molecule has 0 heterocycles. The minimum absolute atomic E-state index is 0.294. The number of likely N-dealkylation sites (N-methyl/N-ethyl adjacent to an activating group) is 1. The van der Waals surface area contributed by atoms with E-state index in [2.05, 4.69) is 37.4 Å². The lowest BCUT2D eigenvalue weighted by atomic mass is 10.0. The highest BCUT2D eigenvalue weighted by Crippen LogP contribution is 2.24. The van der Waals surface area contributed by atoms with Gasteiger partial charge in [0.2, 0.25) is 0 Å². The molecule has 1 unspecified atom stereocenters. The third-order valence-electron chi connectivity index (χ3n) is 3.17. The quantitative estimate of drug-likeness (QED) is 0.796. The van der Waals surface area contributed by atoms with Crippen LogP contribution in [0.1, 0.15) is 44.7 Å². The molecular weight excluding hydrogens is 238 g/mol. The second-order valence-electron chi connectivity index (χ2n) is 5.75. The van der Waals surface area contributed by atoms with Crippen LogP contribution in [0.25, 0.3) is 0 Å². The Kier molecular flexibility index (Phi) is 5.83. The van der Waals surface area contributed by atoms with Gasteiger partial charge < -0.3 is 15.2 Å². The molecule has 1 aromatic carbocycles. The molecule has 0 aromatic heterocycles. The minimum Gasteiger partial charge on any atom is -0.490 e. The monoisotopic (exact) mass is 265 g/mol. The molecule has 1 rings (SSSR count). The normalized spacial score (nSPS) is 14.5. The van der Waals surface area contributed by atoms with Gasteiger partial charge in [0.25, 0.3) is 0 Å². The van der Waals surface area contributed by atoms with Crippen LogP contribution in [0, 0.1) is 6.92 Å². The van der Waals surface area contributed by atoms with Crippen molar-refractivity contribution in [2.24, 2.45) is 0 Å². The van der Waals surface area contributed by atoms with Crippen LogP contribution >= 0.6 is 0 Å². The van der Waals surface area contributed by atoms with Crippen molar-refractivity contribution in [1.29, 1.82) is 0 Å². The van der Waals surface area contributed by atoms with Gasteiger partial charge in [-0.2, -0.15) is 0 Å². The Morgan fingerprint density at radius 2 is 2.05 bits per heavy atom. The molecule has 1 atom stereocenters. The number of hydrogen-bond donors (Lipinski definition) is 2. The summed E-state index contributed by atoms with van der Waals surface area (Å²) < 4.78 is 5.80. The molecule has 19 heavy (non-hydrogen) atoms. The molecule has 0 saturated heterocycles. The Labute approximate surface area is 117 Å². The van der Waals surface area contributed by atoms with Crippen molar-refractivity contribution < 1.29 is 9.84 Å². The fourth-order valence-corrected chi connectivity index (χ4v) is 1.81. The van der Waals surface area contributed by atoms with Crippen molar-refractivity contribution in [3.63, 3.8) is 0 Å². The Morgan fingerprint density at radius 1 is 1.37 bits per heavy atom. The molecule has 0 saturated carbocycles. The predicted octanol–water partition coefficient (Wildman–Crippen LogP) is 2.86. The number of hydrogen-bond acceptors (Lipinski definition) is 3. The molecule has 0 fully saturated rings. The lowest BCUT2D eigenvalue weighted by molar-refractivity contribution is 0.0125. The minimum atomic E-state index is -0.851. The molecule has 0 amide bonds. The molecule has 0 bridgehead atoms. The Morgan fingerprint density at radius 3 is 2.63 bits per heavy atom. The SMILES string of the molecule is CCNCC(C)(O)COc1cc(C(C)C)ccc1C. The summed E-state index contributed by atoms with van der Waals surface area (Å²) in [4.78, 5) is 0. The van der Waals surface area contributed by atoms with Crippen LogP contribution in [-0.2, 0) is 0 Å². The molecule has 2 N–H and O–H groups in total. The van der Waals surface area contributed by atoms with Crippen molar-refractivity contribution in [2.75, 3.05) is 19.7 Å². The molecule has 3 heteroatoms. The van der Waals surface area contributed by atoms with Crippen molar-refractivity contribution in [3.05, 3.63) is 29.3 Å². The maximum atomic E-state index is 10.2. The zero-order valence-corrected chi connectivity index (χ0v) is 12.8. The van der Waals surface area contributed by atoms with Crippen LogP contribution in [0.5, 0.6) is 5.75 Å². The summed E-state index contributed by atoms with van der Waals surface area (Å²) in [5, 5.41) is 13.3. The average Bonchev–Trinajstić information content (AvgIpc) is 2.35. The molecule has 1 aromatic rings. The van der Waals surface area contributed by atoms with E-state index in [9.17, 15) is 5.11 Å². The average molecular weight is 265 g/mol. The van der Waals surface area contributed by atoms with Crippen LogP contribution in [0.3, 0.4) is 0 Å². The summed E-state index contributed by atoms with van der Waals surface area (Å²) in [6, 6.07) is 6.27. The van der Waals surface area contributed by atoms with E-state index < -0.39 is 5.60 Å². The van der Waals surface area contributed by atoms with E-state index in [1.54, 1.807) is 6.92 Å². The predicted molar refractivity (Wildman–Crippen MR) is 79.9 cm³/mol. The lowest BCUT2D eigenvalue weighted by Gasteiger charge is -2.24. The van der Waals surface area contributed by atoms with Crippen LogP contribution in [0.2, 0.25) is 0 Å². The molecule has 0 aliphatic carbocycles. The largest absolute Gasteiger partial charge is 0.490 e. The summed E-state index contributed by atoms with van der Waals surface area (Å²) in [6.07, 6.45) is 0. The maximum absolute atomic E-state index is 10.2. The van der Waals surface area contributed by atoms with Crippen LogP contribution < -0.4 is 10.1 Å². The molecule has 3 nitrogen and oxygen atoms in total. The van der Waals surface area contributed by atoms with Crippen LogP contribution in [0.4, 0.5) is 0 Å². The third kappa shape index (κ3) is 5.21. The fraction of sp³-hybridized carbons (Fsp3) is 0.625. The van der Waals surface area contributed by atoms with Crippen molar-refractivity contribution in [2.45, 2.75) is 46.1 Å². The van der Waals surface area contributed by atoms with E-state index in [0.29, 0.717) is 19.1 Å². The van der Waals surface area contributed by atoms with Gasteiger partial charge in [0.15, 0.2) is 0 Å². The molecular formula is C16H27NO2. The van der Waals surface area contributed by atoms with Gasteiger partial charge in [-0.1, -0.05) is 32.9 Å². The van der Waals surface area contributed by atoms with Gasteiger partial charge in [-0.25, -0.2) is 0 Å². The molecule has 108 valence electrons. The first-order valence-electron chi connectivity index (χ1n) is 7.02. The standard InChI is InChI=1S/C16H27NO2/c1-6-17-10-16(5,18)11-19-15-9-14(12(2)3)8-7-13(15)4/h7-9,12,17-18H,6,10-11H2,1-5H3. The van der Waals surface area contributed by atoms with Gasteiger partial charge in [-0.05, 0) is 43.5 Å². The summed E-state index contributed by atoms with van der Waals surface area (Å²) in [7, 11) is 0. The summed E-state index contributed by atoms with van der Waals surface area (Å²) in [6.45, 7) is 11.8. The van der Waals surface area contributed by atoms with E-state index in [-0.39, 0.29) is 0 Å². The van der Waals surface area contributed by atoms with E-state index in [1.165, 1.54) is 5.56 Å². The van der Waals surface area contributed by atoms with Crippen LogP contribution in [-0.4, -0.2) is 30.4 Å². The van der Waals surface area contributed by atoms with Crippen molar-refractivity contribution in [3.8, 4) is 5.75 Å². The van der Waals surface area contributed by atoms with Gasteiger partial charge in [-0.3, -0.25) is 0 Å². The number of nitrogens with one attached hydrogen (secondary N) is 1. The number of ether oxygens (including phenoxy) is 1. The first kappa shape index (κ1) is 16.0. The third-order valence-corrected chi connectivity index (χ3v) is 3.17. The van der Waals surface area contributed by atoms with Gasteiger partial charge in [-0.15, -0.1) is 0 Å². The summed E-state index contributed by atoms with van der Waals surface area (Å²) >= 11 is 0. The van der Waals surface area contributed by atoms with E-state index in [1.807, 2.05) is 13.8 Å². The van der Waals surface area contributed by atoms with Crippen molar-refractivity contribution >= 4 is 0 Å². The fourth-order valence-electron chi connectivity index (χ4n) is 1.81. The Bertz CT molecular complexity index is 400. The van der Waals surface area contributed by atoms with Gasteiger partial charge >= 0.3 is 0 Å². The van der Waals surface area contributed by atoms with E-state index in [0.717, 1.165) is 17.9 Å². The smallest absolute Gasteiger partial charge is 0.122 e. The first-order valence-corrected chi connectivity index (χ1v) is 7.02. The zero-order valence-electron chi connectivity index (χ0n) is 12.8. The summed E-state index contributed by atoms with van der Waals surface area (Å²) in [5.41, 5.74) is 1.51. The molecule has 0 spiro atoms. The topological polar surface area (TPSA) is 41.5 Å². The highest BCUT2D eigenvalue weighted by Gasteiger charge is 2.21. The number of aryl methyl sites for hydroxylation is 1. The number of aliphatic hydroxyl groups is 1. The Balaban J connectivity index is 2.68. The Hall–Kier alpha value is -1.06. The summed E-state index contributed by atoms with van der Waals surface area (Å²) in [5.74, 6) is 1.34. The van der Waals surface area contributed by atoms with Crippen LogP contribution in [0.15, 0.2) is 18.2 Å². The highest BCUT2D eigenvalue weighted by molar-refractivity contribution is 5.37. The highest BCUT2D eigenvalue weighted by atomic mass is 16.5. The second-order valence-corrected chi connectivity index (χ2v) is 5.75. The zero-order chi connectivity index (χ0) is 14.5. The molecule has 0 radical (unpaired) electrons. The van der Waals surface area contributed by atoms with E-state index >= 15 is 0 Å². The number of rotatable bonds is 7. The molecule has 0 aliphatic rings.